The summed E-state index contributed by atoms with van der Waals surface area (Å²) in [6.07, 6.45) is 3.83. The lowest BCUT2D eigenvalue weighted by Crippen LogP contribution is -2.38. The van der Waals surface area contributed by atoms with E-state index in [-0.39, 0.29) is 25.0 Å². The van der Waals surface area contributed by atoms with Gasteiger partial charge in [-0.15, -0.1) is 0 Å². The highest BCUT2D eigenvalue weighted by Crippen LogP contribution is 2.18. The molecule has 0 saturated carbocycles. The molecule has 4 rings (SSSR count). The Morgan fingerprint density at radius 1 is 1.03 bits per heavy atom. The van der Waals surface area contributed by atoms with E-state index in [1.165, 1.54) is 6.42 Å². The molecule has 0 bridgehead atoms. The zero-order chi connectivity index (χ0) is 22.3. The van der Waals surface area contributed by atoms with Gasteiger partial charge in [0.2, 0.25) is 5.91 Å². The minimum Gasteiger partial charge on any atom is -0.484 e. The SMILES string of the molecule is O=C(COc1ccc(Cl)cc1)NCCc1nc2ccccc2n1CC(=O)N1CCCCC1. The first-order valence-corrected chi connectivity index (χ1v) is 11.3. The van der Waals surface area contributed by atoms with Gasteiger partial charge in [-0.3, -0.25) is 9.59 Å². The maximum absolute atomic E-state index is 12.9. The molecule has 8 heteroatoms. The van der Waals surface area contributed by atoms with E-state index in [4.69, 9.17) is 21.3 Å². The van der Waals surface area contributed by atoms with Gasteiger partial charge in [-0.05, 0) is 55.7 Å². The third-order valence-corrected chi connectivity index (χ3v) is 5.84. The van der Waals surface area contributed by atoms with Crippen LogP contribution in [0.25, 0.3) is 11.0 Å². The number of amides is 2. The fourth-order valence-corrected chi connectivity index (χ4v) is 4.04. The number of carbonyl (C=O) groups excluding carboxylic acids is 2. The molecule has 1 aliphatic heterocycles. The molecule has 1 aliphatic rings. The van der Waals surface area contributed by atoms with Crippen LogP contribution in [0.15, 0.2) is 48.5 Å². The lowest BCUT2D eigenvalue weighted by Gasteiger charge is -2.27. The van der Waals surface area contributed by atoms with Gasteiger partial charge in [0, 0.05) is 31.1 Å². The Morgan fingerprint density at radius 2 is 1.78 bits per heavy atom. The number of fused-ring (bicyclic) bond motifs is 1. The predicted molar refractivity (Wildman–Crippen MR) is 124 cm³/mol. The Bertz CT molecular complexity index is 1070. The first kappa shape index (κ1) is 22.1. The highest BCUT2D eigenvalue weighted by atomic mass is 35.5. The lowest BCUT2D eigenvalue weighted by atomic mass is 10.1. The average molecular weight is 455 g/mol. The van der Waals surface area contributed by atoms with Gasteiger partial charge in [-0.25, -0.2) is 4.98 Å². The van der Waals surface area contributed by atoms with Gasteiger partial charge < -0.3 is 19.5 Å². The topological polar surface area (TPSA) is 76.5 Å². The maximum atomic E-state index is 12.9. The molecule has 0 aliphatic carbocycles. The Labute approximate surface area is 192 Å². The van der Waals surface area contributed by atoms with E-state index in [2.05, 4.69) is 5.32 Å². The number of halogens is 1. The maximum Gasteiger partial charge on any atom is 0.257 e. The van der Waals surface area contributed by atoms with Gasteiger partial charge in [0.1, 0.15) is 18.1 Å². The van der Waals surface area contributed by atoms with Crippen LogP contribution in [0.2, 0.25) is 5.02 Å². The number of rotatable bonds is 8. The van der Waals surface area contributed by atoms with E-state index < -0.39 is 0 Å². The van der Waals surface area contributed by atoms with Gasteiger partial charge in [-0.2, -0.15) is 0 Å². The molecule has 1 fully saturated rings. The molecule has 32 heavy (non-hydrogen) atoms. The molecule has 1 saturated heterocycles. The summed E-state index contributed by atoms with van der Waals surface area (Å²) in [4.78, 5) is 31.7. The fourth-order valence-electron chi connectivity index (χ4n) is 3.92. The molecule has 1 N–H and O–H groups in total. The van der Waals surface area contributed by atoms with Crippen LogP contribution in [-0.2, 0) is 22.6 Å². The molecule has 1 aromatic heterocycles. The molecule has 2 heterocycles. The number of piperidine rings is 1. The minimum atomic E-state index is -0.216. The van der Waals surface area contributed by atoms with Gasteiger partial charge in [0.05, 0.1) is 11.0 Å². The van der Waals surface area contributed by atoms with Crippen LogP contribution in [0.4, 0.5) is 0 Å². The van der Waals surface area contributed by atoms with Crippen molar-refractivity contribution >= 4 is 34.4 Å². The first-order valence-electron chi connectivity index (χ1n) is 11.0. The van der Waals surface area contributed by atoms with Gasteiger partial charge in [-0.1, -0.05) is 23.7 Å². The molecule has 2 amide bonds. The van der Waals surface area contributed by atoms with E-state index in [1.807, 2.05) is 33.7 Å². The van der Waals surface area contributed by atoms with Crippen LogP contribution in [0.1, 0.15) is 25.1 Å². The Balaban J connectivity index is 1.35. The summed E-state index contributed by atoms with van der Waals surface area (Å²) in [5.41, 5.74) is 1.79. The fraction of sp³-hybridized carbons (Fsp3) is 0.375. The van der Waals surface area contributed by atoms with Crippen molar-refractivity contribution in [3.63, 3.8) is 0 Å². The molecule has 168 valence electrons. The number of nitrogens with zero attached hydrogens (tertiary/aromatic N) is 3. The van der Waals surface area contributed by atoms with Crippen molar-refractivity contribution in [2.45, 2.75) is 32.2 Å². The van der Waals surface area contributed by atoms with Crippen molar-refractivity contribution in [1.82, 2.24) is 19.8 Å². The monoisotopic (exact) mass is 454 g/mol. The second-order valence-corrected chi connectivity index (χ2v) is 8.32. The average Bonchev–Trinajstić information content (AvgIpc) is 3.16. The van der Waals surface area contributed by atoms with E-state index in [9.17, 15) is 9.59 Å². The number of ether oxygens (including phenoxy) is 1. The molecule has 2 aromatic carbocycles. The van der Waals surface area contributed by atoms with E-state index in [0.29, 0.717) is 23.7 Å². The molecule has 0 unspecified atom stereocenters. The number of hydrogen-bond acceptors (Lipinski definition) is 4. The zero-order valence-corrected chi connectivity index (χ0v) is 18.7. The summed E-state index contributed by atoms with van der Waals surface area (Å²) >= 11 is 5.85. The summed E-state index contributed by atoms with van der Waals surface area (Å²) in [6.45, 7) is 2.24. The minimum absolute atomic E-state index is 0.0779. The summed E-state index contributed by atoms with van der Waals surface area (Å²) < 4.78 is 7.45. The number of carbonyl (C=O) groups is 2. The normalized spacial score (nSPS) is 13.8. The quantitative estimate of drug-likeness (QED) is 0.565. The molecule has 0 radical (unpaired) electrons. The van der Waals surface area contributed by atoms with Crippen molar-refractivity contribution < 1.29 is 14.3 Å². The summed E-state index contributed by atoms with van der Waals surface area (Å²) in [7, 11) is 0. The van der Waals surface area contributed by atoms with Crippen molar-refractivity contribution in [3.8, 4) is 5.75 Å². The van der Waals surface area contributed by atoms with Crippen LogP contribution >= 0.6 is 11.6 Å². The van der Waals surface area contributed by atoms with Crippen LogP contribution in [0.5, 0.6) is 5.75 Å². The Hall–Kier alpha value is -3.06. The van der Waals surface area contributed by atoms with E-state index in [0.717, 1.165) is 42.8 Å². The smallest absolute Gasteiger partial charge is 0.257 e. The highest BCUT2D eigenvalue weighted by Gasteiger charge is 2.20. The number of benzene rings is 2. The zero-order valence-electron chi connectivity index (χ0n) is 17.9. The highest BCUT2D eigenvalue weighted by molar-refractivity contribution is 6.30. The summed E-state index contributed by atoms with van der Waals surface area (Å²) in [5.74, 6) is 1.28. The number of hydrogen-bond donors (Lipinski definition) is 1. The second-order valence-electron chi connectivity index (χ2n) is 7.89. The number of para-hydroxylation sites is 2. The third kappa shape index (κ3) is 5.59. The van der Waals surface area contributed by atoms with Crippen LogP contribution in [0, 0.1) is 0 Å². The number of imidazole rings is 1. The Morgan fingerprint density at radius 3 is 2.56 bits per heavy atom. The van der Waals surface area contributed by atoms with Crippen molar-refractivity contribution in [3.05, 3.63) is 59.4 Å². The van der Waals surface area contributed by atoms with Crippen LogP contribution in [0.3, 0.4) is 0 Å². The van der Waals surface area contributed by atoms with Gasteiger partial charge in [0.15, 0.2) is 6.61 Å². The lowest BCUT2D eigenvalue weighted by molar-refractivity contribution is -0.132. The van der Waals surface area contributed by atoms with Gasteiger partial charge in [0.25, 0.3) is 5.91 Å². The van der Waals surface area contributed by atoms with Crippen LogP contribution < -0.4 is 10.1 Å². The standard InChI is InChI=1S/C24H27ClN4O3/c25-18-8-10-19(11-9-18)32-17-23(30)26-13-12-22-27-20-6-2-3-7-21(20)29(22)16-24(31)28-14-4-1-5-15-28/h2-3,6-11H,1,4-5,12-17H2,(H,26,30). The summed E-state index contributed by atoms with van der Waals surface area (Å²) in [5, 5.41) is 3.48. The van der Waals surface area contributed by atoms with Crippen molar-refractivity contribution in [1.29, 1.82) is 0 Å². The molecular weight excluding hydrogens is 428 g/mol. The first-order chi connectivity index (χ1) is 15.6. The number of likely N-dealkylation sites (tertiary alicyclic amines) is 1. The molecule has 0 atom stereocenters. The third-order valence-electron chi connectivity index (χ3n) is 5.59. The van der Waals surface area contributed by atoms with Gasteiger partial charge >= 0.3 is 0 Å². The molecule has 0 spiro atoms. The Kier molecular flexibility index (Phi) is 7.27. The van der Waals surface area contributed by atoms with E-state index >= 15 is 0 Å². The second kappa shape index (κ2) is 10.5. The predicted octanol–water partition coefficient (Wildman–Crippen LogP) is 3.44. The largest absolute Gasteiger partial charge is 0.484 e. The van der Waals surface area contributed by atoms with Crippen molar-refractivity contribution in [2.24, 2.45) is 0 Å². The molecule has 3 aromatic rings. The number of nitrogens with one attached hydrogen (secondary N) is 1. The number of aromatic nitrogens is 2. The van der Waals surface area contributed by atoms with Crippen LogP contribution in [-0.4, -0.2) is 52.5 Å². The molecular formula is C24H27ClN4O3. The molecule has 7 nitrogen and oxygen atoms in total. The van der Waals surface area contributed by atoms with Crippen molar-refractivity contribution in [2.75, 3.05) is 26.2 Å². The van der Waals surface area contributed by atoms with E-state index in [1.54, 1.807) is 24.3 Å². The summed E-state index contributed by atoms with van der Waals surface area (Å²) in [6, 6.07) is 14.7.